The fourth-order valence-electron chi connectivity index (χ4n) is 2.05. The smallest absolute Gasteiger partial charge is 0.0423 e. The average molecular weight is 319 g/mol. The first-order chi connectivity index (χ1) is 9.29. The second-order valence-electron chi connectivity index (χ2n) is 4.59. The summed E-state index contributed by atoms with van der Waals surface area (Å²) in [5.74, 6) is 0. The largest absolute Gasteiger partial charge is 0.310 e. The van der Waals surface area contributed by atoms with Crippen LogP contribution < -0.4 is 5.32 Å². The van der Waals surface area contributed by atoms with E-state index >= 15 is 0 Å². The van der Waals surface area contributed by atoms with Gasteiger partial charge in [0, 0.05) is 28.8 Å². The molecule has 0 aliphatic carbocycles. The molecule has 0 aliphatic heterocycles. The van der Waals surface area contributed by atoms with Crippen LogP contribution >= 0.6 is 15.9 Å². The van der Waals surface area contributed by atoms with Gasteiger partial charge in [-0.15, -0.1) is 0 Å². The van der Waals surface area contributed by atoms with E-state index in [0.717, 1.165) is 29.6 Å². The maximum Gasteiger partial charge on any atom is 0.0423 e. The molecule has 0 bridgehead atoms. The van der Waals surface area contributed by atoms with Gasteiger partial charge < -0.3 is 5.32 Å². The first-order valence-electron chi connectivity index (χ1n) is 6.68. The van der Waals surface area contributed by atoms with Crippen molar-refractivity contribution in [3.05, 3.63) is 64.4 Å². The van der Waals surface area contributed by atoms with Crippen LogP contribution in [0.5, 0.6) is 0 Å². The van der Waals surface area contributed by atoms with Crippen molar-refractivity contribution >= 4 is 15.9 Å². The normalized spacial score (nSPS) is 12.3. The van der Waals surface area contributed by atoms with Crippen molar-refractivity contribution in [3.63, 3.8) is 0 Å². The summed E-state index contributed by atoms with van der Waals surface area (Å²) in [6, 6.07) is 15.0. The van der Waals surface area contributed by atoms with Crippen molar-refractivity contribution in [2.75, 3.05) is 6.54 Å². The van der Waals surface area contributed by atoms with Gasteiger partial charge in [-0.3, -0.25) is 4.98 Å². The Hall–Kier alpha value is -1.19. The summed E-state index contributed by atoms with van der Waals surface area (Å²) in [5.41, 5.74) is 2.43. The number of aromatic nitrogens is 1. The summed E-state index contributed by atoms with van der Waals surface area (Å²) in [6.07, 6.45) is 3.91. The van der Waals surface area contributed by atoms with Crippen LogP contribution in [0.15, 0.2) is 53.1 Å². The predicted molar refractivity (Wildman–Crippen MR) is 83.1 cm³/mol. The van der Waals surface area contributed by atoms with Crippen molar-refractivity contribution in [2.24, 2.45) is 0 Å². The van der Waals surface area contributed by atoms with Crippen LogP contribution in [0, 0.1) is 0 Å². The van der Waals surface area contributed by atoms with Gasteiger partial charge in [0.2, 0.25) is 0 Å². The fourth-order valence-corrected chi connectivity index (χ4v) is 2.28. The maximum atomic E-state index is 4.46. The quantitative estimate of drug-likeness (QED) is 0.866. The summed E-state index contributed by atoms with van der Waals surface area (Å²) < 4.78 is 1.02. The van der Waals surface area contributed by atoms with E-state index in [0.29, 0.717) is 6.04 Å². The van der Waals surface area contributed by atoms with Gasteiger partial charge in [-0.2, -0.15) is 0 Å². The van der Waals surface area contributed by atoms with E-state index in [9.17, 15) is 0 Å². The lowest BCUT2D eigenvalue weighted by molar-refractivity contribution is 0.524. The molecule has 3 heteroatoms. The van der Waals surface area contributed by atoms with Gasteiger partial charge in [0.05, 0.1) is 0 Å². The maximum absolute atomic E-state index is 4.46. The number of benzene rings is 1. The molecule has 0 amide bonds. The highest BCUT2D eigenvalue weighted by Crippen LogP contribution is 2.18. The summed E-state index contributed by atoms with van der Waals surface area (Å²) >= 11 is 3.42. The van der Waals surface area contributed by atoms with Gasteiger partial charge in [0.25, 0.3) is 0 Å². The summed E-state index contributed by atoms with van der Waals surface area (Å²) in [6.45, 7) is 3.21. The number of hydrogen-bond donors (Lipinski definition) is 1. The number of halogens is 1. The topological polar surface area (TPSA) is 24.9 Å². The summed E-state index contributed by atoms with van der Waals surface area (Å²) in [7, 11) is 0. The third-order valence-corrected chi connectivity index (χ3v) is 3.51. The van der Waals surface area contributed by atoms with E-state index in [4.69, 9.17) is 0 Å². The summed E-state index contributed by atoms with van der Waals surface area (Å²) in [4.78, 5) is 4.46. The molecule has 100 valence electrons. The van der Waals surface area contributed by atoms with Gasteiger partial charge in [0.1, 0.15) is 0 Å². The van der Waals surface area contributed by atoms with Crippen LogP contribution in [-0.4, -0.2) is 11.5 Å². The van der Waals surface area contributed by atoms with E-state index in [-0.39, 0.29) is 0 Å². The molecule has 1 atom stereocenters. The number of rotatable bonds is 6. The van der Waals surface area contributed by atoms with E-state index in [1.807, 2.05) is 12.3 Å². The Labute approximate surface area is 123 Å². The molecule has 1 heterocycles. The van der Waals surface area contributed by atoms with Crippen molar-refractivity contribution in [1.82, 2.24) is 10.3 Å². The van der Waals surface area contributed by atoms with Gasteiger partial charge in [-0.05, 0) is 46.6 Å². The van der Waals surface area contributed by atoms with E-state index in [2.05, 4.69) is 69.6 Å². The molecule has 0 fully saturated rings. The molecule has 1 unspecified atom stereocenters. The molecule has 1 aromatic heterocycles. The van der Waals surface area contributed by atoms with Gasteiger partial charge in [-0.25, -0.2) is 0 Å². The standard InChI is InChI=1S/C16H19BrN2/c1-2-10-18-16(13-6-4-3-5-7-13)11-15-9-8-14(17)12-19-15/h3-9,12,16,18H,2,10-11H2,1H3. The number of nitrogens with one attached hydrogen (secondary N) is 1. The second kappa shape index (κ2) is 7.41. The SMILES string of the molecule is CCCNC(Cc1ccc(Br)cn1)c1ccccc1. The zero-order valence-corrected chi connectivity index (χ0v) is 12.7. The minimum Gasteiger partial charge on any atom is -0.310 e. The monoisotopic (exact) mass is 318 g/mol. The lowest BCUT2D eigenvalue weighted by Gasteiger charge is -2.18. The van der Waals surface area contributed by atoms with Crippen molar-refractivity contribution in [1.29, 1.82) is 0 Å². The molecule has 2 aromatic rings. The Bertz CT molecular complexity index is 482. The Morgan fingerprint density at radius 3 is 2.58 bits per heavy atom. The molecule has 1 N–H and O–H groups in total. The highest BCUT2D eigenvalue weighted by molar-refractivity contribution is 9.10. The van der Waals surface area contributed by atoms with E-state index in [1.165, 1.54) is 5.56 Å². The van der Waals surface area contributed by atoms with Gasteiger partial charge >= 0.3 is 0 Å². The zero-order chi connectivity index (χ0) is 13.5. The fraction of sp³-hybridized carbons (Fsp3) is 0.312. The number of nitrogens with zero attached hydrogens (tertiary/aromatic N) is 1. The van der Waals surface area contributed by atoms with Crippen molar-refractivity contribution in [2.45, 2.75) is 25.8 Å². The molecule has 2 nitrogen and oxygen atoms in total. The van der Waals surface area contributed by atoms with Crippen molar-refractivity contribution < 1.29 is 0 Å². The van der Waals surface area contributed by atoms with Crippen LogP contribution in [0.4, 0.5) is 0 Å². The van der Waals surface area contributed by atoms with Gasteiger partial charge in [-0.1, -0.05) is 37.3 Å². The van der Waals surface area contributed by atoms with E-state index in [1.54, 1.807) is 0 Å². The Morgan fingerprint density at radius 2 is 1.95 bits per heavy atom. The number of pyridine rings is 1. The lowest BCUT2D eigenvalue weighted by atomic mass is 10.0. The third-order valence-electron chi connectivity index (χ3n) is 3.04. The minimum absolute atomic E-state index is 0.329. The summed E-state index contributed by atoms with van der Waals surface area (Å²) in [5, 5.41) is 3.60. The first-order valence-corrected chi connectivity index (χ1v) is 7.47. The molecular formula is C16H19BrN2. The van der Waals surface area contributed by atoms with Crippen LogP contribution in [0.3, 0.4) is 0 Å². The Balaban J connectivity index is 2.11. The molecule has 0 saturated heterocycles. The average Bonchev–Trinajstić information content (AvgIpc) is 2.46. The number of hydrogen-bond acceptors (Lipinski definition) is 2. The molecule has 0 aliphatic rings. The van der Waals surface area contributed by atoms with Crippen LogP contribution in [0.1, 0.15) is 30.6 Å². The second-order valence-corrected chi connectivity index (χ2v) is 5.50. The molecule has 1 aromatic carbocycles. The molecule has 2 rings (SSSR count). The zero-order valence-electron chi connectivity index (χ0n) is 11.1. The van der Waals surface area contributed by atoms with Crippen molar-refractivity contribution in [3.8, 4) is 0 Å². The molecular weight excluding hydrogens is 300 g/mol. The van der Waals surface area contributed by atoms with Gasteiger partial charge in [0.15, 0.2) is 0 Å². The Morgan fingerprint density at radius 1 is 1.16 bits per heavy atom. The first kappa shape index (κ1) is 14.2. The molecule has 0 radical (unpaired) electrons. The molecule has 0 spiro atoms. The predicted octanol–water partition coefficient (Wildman–Crippen LogP) is 4.13. The lowest BCUT2D eigenvalue weighted by Crippen LogP contribution is -2.24. The van der Waals surface area contributed by atoms with Crippen LogP contribution in [-0.2, 0) is 6.42 Å². The molecule has 0 saturated carbocycles. The van der Waals surface area contributed by atoms with Crippen LogP contribution in [0.2, 0.25) is 0 Å². The molecule has 19 heavy (non-hydrogen) atoms. The third kappa shape index (κ3) is 4.44. The van der Waals surface area contributed by atoms with Crippen LogP contribution in [0.25, 0.3) is 0 Å². The van der Waals surface area contributed by atoms with E-state index < -0.39 is 0 Å². The highest BCUT2D eigenvalue weighted by atomic mass is 79.9. The minimum atomic E-state index is 0.329. The highest BCUT2D eigenvalue weighted by Gasteiger charge is 2.11. The Kier molecular flexibility index (Phi) is 5.55.